The number of anilines is 2. The Bertz CT molecular complexity index is 471. The fourth-order valence-corrected chi connectivity index (χ4v) is 3.26. The van der Waals surface area contributed by atoms with Crippen molar-refractivity contribution in [2.75, 3.05) is 36.0 Å². The van der Waals surface area contributed by atoms with Gasteiger partial charge in [-0.2, -0.15) is 0 Å². The Kier molecular flexibility index (Phi) is 3.54. The molecule has 0 bridgehead atoms. The Balaban J connectivity index is 1.80. The maximum absolute atomic E-state index is 5.96. The Morgan fingerprint density at radius 2 is 1.80 bits per heavy atom. The number of morpholine rings is 1. The monoisotopic (exact) mass is 276 g/mol. The molecule has 2 saturated heterocycles. The molecule has 0 N–H and O–H groups in total. The summed E-state index contributed by atoms with van der Waals surface area (Å²) in [5, 5.41) is 0. The molecule has 0 radical (unpaired) electrons. The minimum absolute atomic E-state index is 0.129. The van der Waals surface area contributed by atoms with E-state index in [1.165, 1.54) is 12.8 Å². The highest BCUT2D eigenvalue weighted by Crippen LogP contribution is 2.27. The van der Waals surface area contributed by atoms with E-state index >= 15 is 0 Å². The van der Waals surface area contributed by atoms with Crippen molar-refractivity contribution in [3.05, 3.63) is 12.4 Å². The summed E-state index contributed by atoms with van der Waals surface area (Å²) in [6, 6.07) is 2.12. The van der Waals surface area contributed by atoms with E-state index in [4.69, 9.17) is 4.74 Å². The normalized spacial score (nSPS) is 26.1. The van der Waals surface area contributed by atoms with Gasteiger partial charge in [0.05, 0.1) is 11.7 Å². The molecule has 2 aliphatic rings. The number of hydrogen-bond acceptors (Lipinski definition) is 5. The molecule has 3 heterocycles. The molecule has 1 unspecified atom stereocenters. The average molecular weight is 276 g/mol. The summed E-state index contributed by atoms with van der Waals surface area (Å²) in [5.74, 6) is 2.08. The lowest BCUT2D eigenvalue weighted by Crippen LogP contribution is -2.52. The van der Waals surface area contributed by atoms with Crippen molar-refractivity contribution < 1.29 is 4.74 Å². The zero-order valence-electron chi connectivity index (χ0n) is 12.7. The van der Waals surface area contributed by atoms with Crippen molar-refractivity contribution in [2.24, 2.45) is 0 Å². The average Bonchev–Trinajstić information content (AvgIpc) is 2.90. The predicted octanol–water partition coefficient (Wildman–Crippen LogP) is 2.08. The van der Waals surface area contributed by atoms with Crippen LogP contribution in [-0.4, -0.2) is 47.9 Å². The molecule has 20 heavy (non-hydrogen) atoms. The van der Waals surface area contributed by atoms with Gasteiger partial charge in [-0.25, -0.2) is 9.97 Å². The lowest BCUT2D eigenvalue weighted by Gasteiger charge is -2.42. The van der Waals surface area contributed by atoms with E-state index in [1.54, 1.807) is 6.33 Å². The van der Waals surface area contributed by atoms with Gasteiger partial charge in [0.15, 0.2) is 0 Å². The molecule has 1 aromatic heterocycles. The van der Waals surface area contributed by atoms with Crippen LogP contribution in [0, 0.1) is 0 Å². The van der Waals surface area contributed by atoms with Crippen LogP contribution in [0.5, 0.6) is 0 Å². The second kappa shape index (κ2) is 5.20. The van der Waals surface area contributed by atoms with Crippen molar-refractivity contribution in [3.8, 4) is 0 Å². The van der Waals surface area contributed by atoms with Gasteiger partial charge in [0.1, 0.15) is 18.0 Å². The molecule has 0 aromatic carbocycles. The van der Waals surface area contributed by atoms with Gasteiger partial charge in [-0.1, -0.05) is 0 Å². The topological polar surface area (TPSA) is 41.5 Å². The molecule has 3 rings (SSSR count). The first-order chi connectivity index (χ1) is 9.53. The third kappa shape index (κ3) is 2.87. The van der Waals surface area contributed by atoms with Gasteiger partial charge in [-0.3, -0.25) is 0 Å². The molecule has 0 spiro atoms. The summed E-state index contributed by atoms with van der Waals surface area (Å²) < 4.78 is 5.96. The second-order valence-corrected chi connectivity index (χ2v) is 6.50. The van der Waals surface area contributed by atoms with Gasteiger partial charge in [0, 0.05) is 32.2 Å². The van der Waals surface area contributed by atoms with Crippen LogP contribution in [-0.2, 0) is 4.74 Å². The highest BCUT2D eigenvalue weighted by molar-refractivity contribution is 5.51. The Hall–Kier alpha value is -1.36. The van der Waals surface area contributed by atoms with Gasteiger partial charge < -0.3 is 14.5 Å². The van der Waals surface area contributed by atoms with E-state index in [9.17, 15) is 0 Å². The summed E-state index contributed by atoms with van der Waals surface area (Å²) >= 11 is 0. The maximum atomic E-state index is 5.96. The first-order valence-electron chi connectivity index (χ1n) is 7.53. The van der Waals surface area contributed by atoms with Gasteiger partial charge in [-0.05, 0) is 33.6 Å². The van der Waals surface area contributed by atoms with E-state index in [2.05, 4.69) is 46.6 Å². The highest BCUT2D eigenvalue weighted by atomic mass is 16.5. The quantitative estimate of drug-likeness (QED) is 0.827. The SMILES string of the molecule is CC1CN(c2cc(N3CCCC3)ncn2)CC(C)(C)O1. The zero-order chi connectivity index (χ0) is 14.2. The summed E-state index contributed by atoms with van der Waals surface area (Å²) in [7, 11) is 0. The first-order valence-corrected chi connectivity index (χ1v) is 7.53. The fourth-order valence-electron chi connectivity index (χ4n) is 3.26. The smallest absolute Gasteiger partial charge is 0.134 e. The van der Waals surface area contributed by atoms with Gasteiger partial charge in [-0.15, -0.1) is 0 Å². The Morgan fingerprint density at radius 3 is 2.45 bits per heavy atom. The standard InChI is InChI=1S/C15H24N4O/c1-12-9-19(10-15(2,3)20-12)14-8-13(16-11-17-14)18-6-4-5-7-18/h8,11-12H,4-7,9-10H2,1-3H3. The third-order valence-electron chi connectivity index (χ3n) is 3.96. The molecule has 2 fully saturated rings. The second-order valence-electron chi connectivity index (χ2n) is 6.50. The lowest BCUT2D eigenvalue weighted by molar-refractivity contribution is -0.0751. The van der Waals surface area contributed by atoms with E-state index in [0.29, 0.717) is 0 Å². The molecule has 1 aromatic rings. The molecule has 5 heteroatoms. The fraction of sp³-hybridized carbons (Fsp3) is 0.733. The molecular formula is C15H24N4O. The highest BCUT2D eigenvalue weighted by Gasteiger charge is 2.32. The van der Waals surface area contributed by atoms with E-state index < -0.39 is 0 Å². The van der Waals surface area contributed by atoms with Crippen molar-refractivity contribution in [1.82, 2.24) is 9.97 Å². The summed E-state index contributed by atoms with van der Waals surface area (Å²) in [6.07, 6.45) is 4.45. The van der Waals surface area contributed by atoms with Crippen LogP contribution in [0.3, 0.4) is 0 Å². The van der Waals surface area contributed by atoms with Crippen molar-refractivity contribution >= 4 is 11.6 Å². The number of nitrogens with zero attached hydrogens (tertiary/aromatic N) is 4. The predicted molar refractivity (Wildman–Crippen MR) is 80.3 cm³/mol. The lowest BCUT2D eigenvalue weighted by atomic mass is 10.1. The molecule has 5 nitrogen and oxygen atoms in total. The number of rotatable bonds is 2. The Labute approximate surface area is 121 Å². The minimum atomic E-state index is -0.129. The summed E-state index contributed by atoms with van der Waals surface area (Å²) in [4.78, 5) is 13.6. The van der Waals surface area contributed by atoms with Gasteiger partial charge >= 0.3 is 0 Å². The zero-order valence-corrected chi connectivity index (χ0v) is 12.7. The first kappa shape index (κ1) is 13.6. The molecular weight excluding hydrogens is 252 g/mol. The minimum Gasteiger partial charge on any atom is -0.369 e. The Morgan fingerprint density at radius 1 is 1.15 bits per heavy atom. The summed E-state index contributed by atoms with van der Waals surface area (Å²) in [5.41, 5.74) is -0.129. The van der Waals surface area contributed by atoms with Crippen molar-refractivity contribution in [1.29, 1.82) is 0 Å². The van der Waals surface area contributed by atoms with Gasteiger partial charge in [0.25, 0.3) is 0 Å². The van der Waals surface area contributed by atoms with Crippen LogP contribution in [0.1, 0.15) is 33.6 Å². The van der Waals surface area contributed by atoms with Crippen LogP contribution in [0.15, 0.2) is 12.4 Å². The molecule has 0 aliphatic carbocycles. The van der Waals surface area contributed by atoms with Gasteiger partial charge in [0.2, 0.25) is 0 Å². The van der Waals surface area contributed by atoms with E-state index in [0.717, 1.165) is 37.8 Å². The van der Waals surface area contributed by atoms with Crippen LogP contribution in [0.25, 0.3) is 0 Å². The van der Waals surface area contributed by atoms with Crippen LogP contribution in [0.2, 0.25) is 0 Å². The third-order valence-corrected chi connectivity index (χ3v) is 3.96. The molecule has 0 amide bonds. The van der Waals surface area contributed by atoms with Crippen molar-refractivity contribution in [3.63, 3.8) is 0 Å². The molecule has 110 valence electrons. The maximum Gasteiger partial charge on any atom is 0.134 e. The van der Waals surface area contributed by atoms with Crippen molar-refractivity contribution in [2.45, 2.75) is 45.3 Å². The molecule has 0 saturated carbocycles. The van der Waals surface area contributed by atoms with E-state index in [-0.39, 0.29) is 11.7 Å². The molecule has 1 atom stereocenters. The van der Waals surface area contributed by atoms with Crippen LogP contribution < -0.4 is 9.80 Å². The van der Waals surface area contributed by atoms with Crippen LogP contribution >= 0.6 is 0 Å². The number of ether oxygens (including phenoxy) is 1. The summed E-state index contributed by atoms with van der Waals surface area (Å²) in [6.45, 7) is 10.4. The number of hydrogen-bond donors (Lipinski definition) is 0. The van der Waals surface area contributed by atoms with Crippen LogP contribution in [0.4, 0.5) is 11.6 Å². The number of aromatic nitrogens is 2. The molecule has 2 aliphatic heterocycles. The van der Waals surface area contributed by atoms with E-state index in [1.807, 2.05) is 0 Å². The largest absolute Gasteiger partial charge is 0.369 e.